The lowest BCUT2D eigenvalue weighted by Gasteiger charge is -2.43. The average Bonchev–Trinajstić information content (AvgIpc) is 2.68. The van der Waals surface area contributed by atoms with Gasteiger partial charge in [-0.1, -0.05) is 25.4 Å². The molecule has 3 atom stereocenters. The summed E-state index contributed by atoms with van der Waals surface area (Å²) >= 11 is 6.18. The normalized spacial score (nSPS) is 27.5. The number of hydrogen-bond acceptors (Lipinski definition) is 4. The molecule has 0 aliphatic carbocycles. The number of nitrogens with zero attached hydrogens (tertiary/aromatic N) is 3. The average molecular weight is 320 g/mol. The van der Waals surface area contributed by atoms with Gasteiger partial charge >= 0.3 is 0 Å². The summed E-state index contributed by atoms with van der Waals surface area (Å²) in [7, 11) is 0. The smallest absolute Gasteiger partial charge is 0.172 e. The minimum atomic E-state index is 0.0417. The predicted molar refractivity (Wildman–Crippen MR) is 87.3 cm³/mol. The minimum Gasteiger partial charge on any atom is -0.489 e. The number of rotatable bonds is 1. The van der Waals surface area contributed by atoms with Gasteiger partial charge in [0.1, 0.15) is 0 Å². The second-order valence-corrected chi connectivity index (χ2v) is 7.11. The number of pyridine rings is 1. The van der Waals surface area contributed by atoms with Crippen molar-refractivity contribution in [2.24, 2.45) is 17.8 Å². The van der Waals surface area contributed by atoms with Gasteiger partial charge in [-0.15, -0.1) is 0 Å². The monoisotopic (exact) mass is 319 g/mol. The van der Waals surface area contributed by atoms with Gasteiger partial charge in [-0.25, -0.2) is 4.98 Å². The number of anilines is 1. The topological polar surface area (TPSA) is 49.1 Å². The van der Waals surface area contributed by atoms with Crippen molar-refractivity contribution < 1.29 is 4.74 Å². The quantitative estimate of drug-likeness (QED) is 0.789. The third-order valence-electron chi connectivity index (χ3n) is 5.09. The van der Waals surface area contributed by atoms with E-state index in [1.807, 2.05) is 6.92 Å². The Bertz CT molecular complexity index is 611. The molecule has 0 aromatic carbocycles. The third kappa shape index (κ3) is 2.52. The number of piperidine rings is 1. The van der Waals surface area contributed by atoms with Crippen molar-refractivity contribution in [2.75, 3.05) is 18.1 Å². The zero-order chi connectivity index (χ0) is 15.9. The maximum Gasteiger partial charge on any atom is 0.172 e. The fourth-order valence-corrected chi connectivity index (χ4v) is 3.87. The van der Waals surface area contributed by atoms with E-state index < -0.39 is 0 Å². The van der Waals surface area contributed by atoms with E-state index in [0.29, 0.717) is 29.5 Å². The summed E-state index contributed by atoms with van der Waals surface area (Å²) in [5, 5.41) is 10.2. The molecule has 1 saturated heterocycles. The number of fused-ring (bicyclic) bond motifs is 3. The van der Waals surface area contributed by atoms with Gasteiger partial charge in [-0.2, -0.15) is 5.26 Å². The van der Waals surface area contributed by atoms with Crippen molar-refractivity contribution in [3.63, 3.8) is 0 Å². The Kier molecular flexibility index (Phi) is 4.18. The van der Waals surface area contributed by atoms with E-state index in [4.69, 9.17) is 16.3 Å². The summed E-state index contributed by atoms with van der Waals surface area (Å²) in [5.41, 5.74) is 0.937. The van der Waals surface area contributed by atoms with Crippen molar-refractivity contribution in [3.05, 3.63) is 16.8 Å². The van der Waals surface area contributed by atoms with Crippen molar-refractivity contribution in [1.29, 1.82) is 5.26 Å². The van der Waals surface area contributed by atoms with Crippen LogP contribution in [0.4, 0.5) is 5.82 Å². The number of ether oxygens (including phenoxy) is 1. The Morgan fingerprint density at radius 1 is 1.50 bits per heavy atom. The van der Waals surface area contributed by atoms with E-state index in [9.17, 15) is 5.26 Å². The van der Waals surface area contributed by atoms with Gasteiger partial charge in [0, 0.05) is 30.8 Å². The van der Waals surface area contributed by atoms with Crippen LogP contribution in [0.5, 0.6) is 5.75 Å². The van der Waals surface area contributed by atoms with Crippen LogP contribution in [0.25, 0.3) is 0 Å². The van der Waals surface area contributed by atoms with Crippen LogP contribution >= 0.6 is 11.6 Å². The van der Waals surface area contributed by atoms with Crippen LogP contribution in [-0.4, -0.2) is 24.2 Å². The molecule has 0 spiro atoms. The molecule has 3 rings (SSSR count). The van der Waals surface area contributed by atoms with Crippen LogP contribution in [0.15, 0.2) is 6.20 Å². The maximum atomic E-state index is 9.57. The van der Waals surface area contributed by atoms with Crippen LogP contribution in [0.3, 0.4) is 0 Å². The van der Waals surface area contributed by atoms with Crippen molar-refractivity contribution in [3.8, 4) is 11.8 Å². The zero-order valence-corrected chi connectivity index (χ0v) is 14.1. The molecule has 2 aliphatic heterocycles. The fourth-order valence-electron chi connectivity index (χ4n) is 3.73. The highest BCUT2D eigenvalue weighted by molar-refractivity contribution is 6.31. The Balaban J connectivity index is 1.99. The molecule has 1 aromatic rings. The van der Waals surface area contributed by atoms with E-state index in [0.717, 1.165) is 36.5 Å². The Labute approximate surface area is 137 Å². The molecule has 3 unspecified atom stereocenters. The lowest BCUT2D eigenvalue weighted by atomic mass is 9.75. The molecule has 3 heterocycles. The zero-order valence-electron chi connectivity index (χ0n) is 13.3. The van der Waals surface area contributed by atoms with Crippen molar-refractivity contribution in [1.82, 2.24) is 4.98 Å². The summed E-state index contributed by atoms with van der Waals surface area (Å²) in [6.07, 6.45) is 3.69. The first-order chi connectivity index (χ1) is 10.5. The van der Waals surface area contributed by atoms with Gasteiger partial charge in [0.25, 0.3) is 0 Å². The lowest BCUT2D eigenvalue weighted by molar-refractivity contribution is 0.208. The molecule has 1 aromatic heterocycles. The number of nitriles is 1. The molecule has 5 heteroatoms. The maximum absolute atomic E-state index is 9.57. The van der Waals surface area contributed by atoms with Gasteiger partial charge < -0.3 is 9.64 Å². The van der Waals surface area contributed by atoms with E-state index >= 15 is 0 Å². The first-order valence-corrected chi connectivity index (χ1v) is 8.34. The van der Waals surface area contributed by atoms with E-state index in [2.05, 4.69) is 29.8 Å². The molecule has 22 heavy (non-hydrogen) atoms. The predicted octanol–water partition coefficient (Wildman–Crippen LogP) is 3.82. The molecule has 0 radical (unpaired) electrons. The summed E-state index contributed by atoms with van der Waals surface area (Å²) in [6.45, 7) is 7.81. The minimum absolute atomic E-state index is 0.0417. The van der Waals surface area contributed by atoms with E-state index in [1.54, 1.807) is 6.20 Å². The van der Waals surface area contributed by atoms with Crippen LogP contribution in [-0.2, 0) is 0 Å². The van der Waals surface area contributed by atoms with Crippen molar-refractivity contribution in [2.45, 2.75) is 39.7 Å². The molecule has 118 valence electrons. The number of hydrogen-bond donors (Lipinski definition) is 0. The summed E-state index contributed by atoms with van der Waals surface area (Å²) < 4.78 is 5.95. The fraction of sp³-hybridized carbons (Fsp3) is 0.647. The first-order valence-electron chi connectivity index (χ1n) is 7.97. The van der Waals surface area contributed by atoms with Gasteiger partial charge in [0.15, 0.2) is 11.6 Å². The highest BCUT2D eigenvalue weighted by Crippen LogP contribution is 2.43. The molecular formula is C17H22ClN3O. The van der Waals surface area contributed by atoms with Crippen molar-refractivity contribution >= 4 is 17.4 Å². The van der Waals surface area contributed by atoms with Gasteiger partial charge in [-0.3, -0.25) is 0 Å². The van der Waals surface area contributed by atoms with E-state index in [-0.39, 0.29) is 5.92 Å². The van der Waals surface area contributed by atoms with Gasteiger partial charge in [0.2, 0.25) is 0 Å². The Hall–Kier alpha value is -1.47. The number of aromatic nitrogens is 1. The largest absolute Gasteiger partial charge is 0.489 e. The van der Waals surface area contributed by atoms with E-state index in [1.165, 1.54) is 0 Å². The summed E-state index contributed by atoms with van der Waals surface area (Å²) in [4.78, 5) is 6.80. The molecule has 0 N–H and O–H groups in total. The van der Waals surface area contributed by atoms with Crippen LogP contribution in [0.1, 0.15) is 32.3 Å². The summed E-state index contributed by atoms with van der Waals surface area (Å²) in [6, 6.07) is 2.90. The van der Waals surface area contributed by atoms with Gasteiger partial charge in [0.05, 0.1) is 23.6 Å². The standard InChI is InChI=1S/C17H22ClN3O/c1-10(2)14-6-13-4-5-22-16-11(3)15(18)8-20-17(16)21(13)9-12(14)7-19/h8,10,12-14H,4-6,9H2,1-3H3. The summed E-state index contributed by atoms with van der Waals surface area (Å²) in [5.74, 6) is 2.65. The molecule has 1 fully saturated rings. The highest BCUT2D eigenvalue weighted by atomic mass is 35.5. The molecular weight excluding hydrogens is 298 g/mol. The van der Waals surface area contributed by atoms with Crippen LogP contribution in [0, 0.1) is 36.0 Å². The Morgan fingerprint density at radius 3 is 2.95 bits per heavy atom. The lowest BCUT2D eigenvalue weighted by Crippen LogP contribution is -2.48. The second kappa shape index (κ2) is 5.96. The molecule has 2 aliphatic rings. The molecule has 0 saturated carbocycles. The molecule has 0 bridgehead atoms. The van der Waals surface area contributed by atoms with Crippen LogP contribution < -0.4 is 9.64 Å². The Morgan fingerprint density at radius 2 is 2.27 bits per heavy atom. The number of halogens is 1. The third-order valence-corrected chi connectivity index (χ3v) is 5.47. The highest BCUT2D eigenvalue weighted by Gasteiger charge is 2.40. The SMILES string of the molecule is Cc1c(Cl)cnc2c1OCCC1CC(C(C)C)C(C#N)CN21. The molecule has 0 amide bonds. The first kappa shape index (κ1) is 15.4. The van der Waals surface area contributed by atoms with Crippen LogP contribution in [0.2, 0.25) is 5.02 Å². The molecule has 4 nitrogen and oxygen atoms in total. The second-order valence-electron chi connectivity index (χ2n) is 6.71. The van der Waals surface area contributed by atoms with Gasteiger partial charge in [-0.05, 0) is 25.2 Å².